The zero-order valence-corrected chi connectivity index (χ0v) is 14.8. The molecule has 1 N–H and O–H groups in total. The van der Waals surface area contributed by atoms with Gasteiger partial charge in [-0.15, -0.1) is 0 Å². The molecule has 1 aliphatic heterocycles. The van der Waals surface area contributed by atoms with Gasteiger partial charge in [0, 0.05) is 39.3 Å². The Balaban J connectivity index is 2.20. The fourth-order valence-corrected chi connectivity index (χ4v) is 3.58. The van der Waals surface area contributed by atoms with Gasteiger partial charge in [0.15, 0.2) is 5.75 Å². The van der Waals surface area contributed by atoms with Crippen molar-refractivity contribution in [2.75, 3.05) is 46.9 Å². The van der Waals surface area contributed by atoms with Crippen LogP contribution in [0.2, 0.25) is 0 Å². The van der Waals surface area contributed by atoms with Crippen molar-refractivity contribution in [3.05, 3.63) is 28.3 Å². The van der Waals surface area contributed by atoms with Gasteiger partial charge in [0.2, 0.25) is 15.9 Å². The second-order valence-corrected chi connectivity index (χ2v) is 7.53. The molecular formula is C14H20N4O6S. The largest absolute Gasteiger partial charge is 0.490 e. The lowest BCUT2D eigenvalue weighted by Gasteiger charge is -2.29. The standard InChI is InChI=1S/C14H20N4O6S/c1-16(10-14(19)17-7-5-15-6-8-17)25(22,23)11-3-4-13(24-2)12(9-11)18(20)21/h3-4,9,15H,5-8,10H2,1-2H3. The minimum absolute atomic E-state index is 0.0384. The summed E-state index contributed by atoms with van der Waals surface area (Å²) in [6, 6.07) is 3.36. The zero-order chi connectivity index (χ0) is 18.6. The van der Waals surface area contributed by atoms with E-state index in [4.69, 9.17) is 4.74 Å². The lowest BCUT2D eigenvalue weighted by atomic mass is 10.3. The van der Waals surface area contributed by atoms with Crippen LogP contribution in [-0.2, 0) is 14.8 Å². The molecule has 0 bridgehead atoms. The summed E-state index contributed by atoms with van der Waals surface area (Å²) in [5.74, 6) is -0.348. The first-order chi connectivity index (χ1) is 11.8. The Morgan fingerprint density at radius 2 is 2.04 bits per heavy atom. The van der Waals surface area contributed by atoms with Crippen molar-refractivity contribution in [2.45, 2.75) is 4.90 Å². The second kappa shape index (κ2) is 7.76. The van der Waals surface area contributed by atoms with Crippen molar-refractivity contribution in [2.24, 2.45) is 0 Å². The van der Waals surface area contributed by atoms with Gasteiger partial charge in [-0.05, 0) is 12.1 Å². The smallest absolute Gasteiger partial charge is 0.312 e. The van der Waals surface area contributed by atoms with Gasteiger partial charge in [-0.1, -0.05) is 0 Å². The van der Waals surface area contributed by atoms with Crippen LogP contribution < -0.4 is 10.1 Å². The molecule has 0 radical (unpaired) electrons. The molecule has 11 heteroatoms. The summed E-state index contributed by atoms with van der Waals surface area (Å²) in [6.07, 6.45) is 0. The average Bonchev–Trinajstić information content (AvgIpc) is 2.61. The predicted molar refractivity (Wildman–Crippen MR) is 88.9 cm³/mol. The molecule has 2 rings (SSSR count). The molecule has 1 aliphatic rings. The fourth-order valence-electron chi connectivity index (χ4n) is 2.44. The maximum absolute atomic E-state index is 12.6. The molecule has 1 aromatic carbocycles. The van der Waals surface area contributed by atoms with E-state index in [0.717, 1.165) is 10.4 Å². The van der Waals surface area contributed by atoms with Crippen molar-refractivity contribution in [3.63, 3.8) is 0 Å². The topological polar surface area (TPSA) is 122 Å². The van der Waals surface area contributed by atoms with Gasteiger partial charge < -0.3 is 15.0 Å². The number of piperazine rings is 1. The van der Waals surface area contributed by atoms with Crippen LogP contribution in [0, 0.1) is 10.1 Å². The van der Waals surface area contributed by atoms with Crippen LogP contribution in [0.1, 0.15) is 0 Å². The first-order valence-electron chi connectivity index (χ1n) is 7.54. The van der Waals surface area contributed by atoms with Crippen molar-refractivity contribution in [1.82, 2.24) is 14.5 Å². The van der Waals surface area contributed by atoms with Crippen LogP contribution >= 0.6 is 0 Å². The molecule has 1 amide bonds. The van der Waals surface area contributed by atoms with Gasteiger partial charge in [0.1, 0.15) is 0 Å². The van der Waals surface area contributed by atoms with E-state index in [9.17, 15) is 23.3 Å². The van der Waals surface area contributed by atoms with Gasteiger partial charge in [-0.2, -0.15) is 4.31 Å². The Bertz CT molecular complexity index is 761. The monoisotopic (exact) mass is 372 g/mol. The first-order valence-corrected chi connectivity index (χ1v) is 8.98. The number of rotatable bonds is 6. The van der Waals surface area contributed by atoms with Crippen molar-refractivity contribution in [1.29, 1.82) is 0 Å². The Labute approximate surface area is 145 Å². The molecule has 1 heterocycles. The number of nitro benzene ring substituents is 1. The third-order valence-corrected chi connectivity index (χ3v) is 5.68. The van der Waals surface area contributed by atoms with Crippen LogP contribution in [0.15, 0.2) is 23.1 Å². The quantitative estimate of drug-likeness (QED) is 0.535. The third kappa shape index (κ3) is 4.24. The van der Waals surface area contributed by atoms with Crippen LogP contribution in [0.25, 0.3) is 0 Å². The van der Waals surface area contributed by atoms with Crippen molar-refractivity contribution < 1.29 is 22.9 Å². The number of nitrogens with zero attached hydrogens (tertiary/aromatic N) is 3. The van der Waals surface area contributed by atoms with Gasteiger partial charge in [0.05, 0.1) is 23.5 Å². The molecule has 0 spiro atoms. The number of carbonyl (C=O) groups excluding carboxylic acids is 1. The Morgan fingerprint density at radius 1 is 1.40 bits per heavy atom. The summed E-state index contributed by atoms with van der Waals surface area (Å²) < 4.78 is 31.0. The number of hydrogen-bond acceptors (Lipinski definition) is 7. The van der Waals surface area contributed by atoms with Crippen LogP contribution in [-0.4, -0.2) is 75.3 Å². The van der Waals surface area contributed by atoms with Gasteiger partial charge in [0.25, 0.3) is 0 Å². The molecule has 25 heavy (non-hydrogen) atoms. The number of sulfonamides is 1. The summed E-state index contributed by atoms with van der Waals surface area (Å²) in [7, 11) is -1.52. The van der Waals surface area contributed by atoms with Gasteiger partial charge in [-0.25, -0.2) is 8.42 Å². The molecule has 1 fully saturated rings. The van der Waals surface area contributed by atoms with Crippen molar-refractivity contribution >= 4 is 21.6 Å². The lowest BCUT2D eigenvalue weighted by Crippen LogP contribution is -2.49. The highest BCUT2D eigenvalue weighted by Crippen LogP contribution is 2.30. The molecule has 0 aromatic heterocycles. The first kappa shape index (κ1) is 19.1. The van der Waals surface area contributed by atoms with E-state index in [1.807, 2.05) is 0 Å². The van der Waals surface area contributed by atoms with Crippen LogP contribution in [0.3, 0.4) is 0 Å². The molecule has 1 saturated heterocycles. The summed E-state index contributed by atoms with van der Waals surface area (Å²) >= 11 is 0. The Hall–Kier alpha value is -2.24. The Kier molecular flexibility index (Phi) is 5.93. The number of benzene rings is 1. The van der Waals surface area contributed by atoms with E-state index in [-0.39, 0.29) is 23.1 Å². The third-order valence-electron chi connectivity index (χ3n) is 3.88. The molecular weight excluding hydrogens is 352 g/mol. The number of hydrogen-bond donors (Lipinski definition) is 1. The van der Waals surface area contributed by atoms with E-state index in [2.05, 4.69) is 5.32 Å². The number of methoxy groups -OCH3 is 1. The van der Waals surface area contributed by atoms with E-state index >= 15 is 0 Å². The second-order valence-electron chi connectivity index (χ2n) is 5.48. The number of ether oxygens (including phenoxy) is 1. The number of amides is 1. The summed E-state index contributed by atoms with van der Waals surface area (Å²) in [6.45, 7) is 2.02. The molecule has 1 aromatic rings. The maximum atomic E-state index is 12.6. The average molecular weight is 372 g/mol. The van der Waals surface area contributed by atoms with Gasteiger partial charge >= 0.3 is 5.69 Å². The SMILES string of the molecule is COc1ccc(S(=O)(=O)N(C)CC(=O)N2CCNCC2)cc1[N+](=O)[O-]. The molecule has 0 atom stereocenters. The van der Waals surface area contributed by atoms with Crippen LogP contribution in [0.5, 0.6) is 5.75 Å². The minimum Gasteiger partial charge on any atom is -0.490 e. The molecule has 0 aliphatic carbocycles. The summed E-state index contributed by atoms with van der Waals surface area (Å²) in [5.41, 5.74) is -0.453. The number of carbonyl (C=O) groups is 1. The minimum atomic E-state index is -4.04. The Morgan fingerprint density at radius 3 is 2.60 bits per heavy atom. The summed E-state index contributed by atoms with van der Waals surface area (Å²) in [5, 5.41) is 14.2. The van der Waals surface area contributed by atoms with Crippen LogP contribution in [0.4, 0.5) is 5.69 Å². The van der Waals surface area contributed by atoms with Crippen molar-refractivity contribution in [3.8, 4) is 5.75 Å². The van der Waals surface area contributed by atoms with E-state index in [1.165, 1.54) is 26.3 Å². The number of likely N-dealkylation sites (N-methyl/N-ethyl adjacent to an activating group) is 1. The molecule has 0 unspecified atom stereocenters. The summed E-state index contributed by atoms with van der Waals surface area (Å²) in [4.78, 5) is 23.9. The number of nitro groups is 1. The highest BCUT2D eigenvalue weighted by atomic mass is 32.2. The van der Waals surface area contributed by atoms with E-state index < -0.39 is 20.6 Å². The molecule has 138 valence electrons. The normalized spacial score (nSPS) is 15.2. The maximum Gasteiger partial charge on any atom is 0.312 e. The predicted octanol–water partition coefficient (Wildman–Crippen LogP) is -0.344. The van der Waals surface area contributed by atoms with E-state index in [1.54, 1.807) is 4.90 Å². The van der Waals surface area contributed by atoms with Gasteiger partial charge in [-0.3, -0.25) is 14.9 Å². The number of nitrogens with one attached hydrogen (secondary N) is 1. The highest BCUT2D eigenvalue weighted by molar-refractivity contribution is 7.89. The molecule has 10 nitrogen and oxygen atoms in total. The molecule has 0 saturated carbocycles. The zero-order valence-electron chi connectivity index (χ0n) is 14.0. The van der Waals surface area contributed by atoms with E-state index in [0.29, 0.717) is 26.2 Å². The highest BCUT2D eigenvalue weighted by Gasteiger charge is 2.28. The lowest BCUT2D eigenvalue weighted by molar-refractivity contribution is -0.386. The fraction of sp³-hybridized carbons (Fsp3) is 0.500.